The van der Waals surface area contributed by atoms with E-state index in [2.05, 4.69) is 15.0 Å². The van der Waals surface area contributed by atoms with E-state index in [9.17, 15) is 9.59 Å². The number of methoxy groups -OCH3 is 1. The van der Waals surface area contributed by atoms with Gasteiger partial charge in [0.05, 0.1) is 30.5 Å². The minimum atomic E-state index is -0.252. The summed E-state index contributed by atoms with van der Waals surface area (Å²) in [5.74, 6) is 1.39. The van der Waals surface area contributed by atoms with E-state index in [-0.39, 0.29) is 17.4 Å². The molecule has 0 bridgehead atoms. The highest BCUT2D eigenvalue weighted by Crippen LogP contribution is 2.30. The van der Waals surface area contributed by atoms with E-state index in [0.29, 0.717) is 60.4 Å². The average molecular weight is 420 g/mol. The Hall–Kier alpha value is -3.68. The number of ether oxygens (including phenoxy) is 2. The molecule has 1 fully saturated rings. The first-order chi connectivity index (χ1) is 15.1. The van der Waals surface area contributed by atoms with E-state index in [4.69, 9.17) is 9.47 Å². The molecule has 0 spiro atoms. The van der Waals surface area contributed by atoms with E-state index in [1.54, 1.807) is 29.3 Å². The standard InChI is InChI=1S/C23H24N4O4/c1-3-31-19-9-5-4-7-17(19)23(29)27-12-10-15(14-27)21-25-18(13-20(28)26-21)16-8-6-11-24-22(16)30-2/h4-9,11,13,15H,3,10,12,14H2,1-2H3,(H,25,26,28)/t15-/m1/s1. The summed E-state index contributed by atoms with van der Waals surface area (Å²) in [5.41, 5.74) is 1.43. The lowest BCUT2D eigenvalue weighted by Gasteiger charge is -2.18. The van der Waals surface area contributed by atoms with Gasteiger partial charge in [-0.25, -0.2) is 9.97 Å². The Morgan fingerprint density at radius 3 is 2.90 bits per heavy atom. The van der Waals surface area contributed by atoms with Crippen LogP contribution in [0.15, 0.2) is 53.5 Å². The summed E-state index contributed by atoms with van der Waals surface area (Å²) < 4.78 is 10.9. The molecule has 2 aromatic heterocycles. The molecule has 0 unspecified atom stereocenters. The molecule has 8 heteroatoms. The van der Waals surface area contributed by atoms with Gasteiger partial charge >= 0.3 is 0 Å². The quantitative estimate of drug-likeness (QED) is 0.659. The zero-order chi connectivity index (χ0) is 21.8. The van der Waals surface area contributed by atoms with E-state index >= 15 is 0 Å². The number of para-hydroxylation sites is 1. The molecule has 3 heterocycles. The average Bonchev–Trinajstić information content (AvgIpc) is 3.29. The van der Waals surface area contributed by atoms with Crippen LogP contribution in [0.25, 0.3) is 11.3 Å². The molecule has 4 rings (SSSR count). The fourth-order valence-electron chi connectivity index (χ4n) is 3.82. The molecular weight excluding hydrogens is 396 g/mol. The molecular formula is C23H24N4O4. The fraction of sp³-hybridized carbons (Fsp3) is 0.304. The van der Waals surface area contributed by atoms with Crippen LogP contribution in [0.1, 0.15) is 35.4 Å². The number of H-pyrrole nitrogens is 1. The molecule has 8 nitrogen and oxygen atoms in total. The second-order valence-corrected chi connectivity index (χ2v) is 7.24. The molecule has 1 atom stereocenters. The van der Waals surface area contributed by atoms with Crippen molar-refractivity contribution in [3.8, 4) is 22.9 Å². The lowest BCUT2D eigenvalue weighted by atomic mass is 10.1. The van der Waals surface area contributed by atoms with Crippen molar-refractivity contribution >= 4 is 5.91 Å². The zero-order valence-corrected chi connectivity index (χ0v) is 17.5. The van der Waals surface area contributed by atoms with Crippen LogP contribution in [0.5, 0.6) is 11.6 Å². The van der Waals surface area contributed by atoms with Crippen LogP contribution in [0.4, 0.5) is 0 Å². The highest BCUT2D eigenvalue weighted by molar-refractivity contribution is 5.97. The highest BCUT2D eigenvalue weighted by atomic mass is 16.5. The number of amides is 1. The van der Waals surface area contributed by atoms with Crippen LogP contribution in [-0.4, -0.2) is 52.6 Å². The zero-order valence-electron chi connectivity index (χ0n) is 17.5. The number of likely N-dealkylation sites (tertiary alicyclic amines) is 1. The van der Waals surface area contributed by atoms with E-state index in [1.807, 2.05) is 25.1 Å². The summed E-state index contributed by atoms with van der Waals surface area (Å²) in [6.45, 7) is 3.42. The number of aromatic amines is 1. The lowest BCUT2D eigenvalue weighted by Crippen LogP contribution is -2.29. The van der Waals surface area contributed by atoms with Crippen molar-refractivity contribution in [3.63, 3.8) is 0 Å². The van der Waals surface area contributed by atoms with Gasteiger partial charge in [0.2, 0.25) is 5.88 Å². The van der Waals surface area contributed by atoms with Gasteiger partial charge in [-0.3, -0.25) is 9.59 Å². The first kappa shape index (κ1) is 20.6. The number of carbonyl (C=O) groups is 1. The Kier molecular flexibility index (Phi) is 5.97. The fourth-order valence-corrected chi connectivity index (χ4v) is 3.82. The Bertz CT molecular complexity index is 1140. The Morgan fingerprint density at radius 2 is 2.10 bits per heavy atom. The SMILES string of the molecule is CCOc1ccccc1C(=O)N1CC[C@@H](c2nc(-c3cccnc3OC)cc(=O)[nH]2)C1. The number of pyridine rings is 1. The van der Waals surface area contributed by atoms with Gasteiger partial charge in [0.15, 0.2) is 0 Å². The molecule has 160 valence electrons. The van der Waals surface area contributed by atoms with E-state index in [0.717, 1.165) is 0 Å². The molecule has 1 aliphatic rings. The van der Waals surface area contributed by atoms with Crippen molar-refractivity contribution < 1.29 is 14.3 Å². The van der Waals surface area contributed by atoms with Crippen molar-refractivity contribution in [1.82, 2.24) is 19.9 Å². The van der Waals surface area contributed by atoms with Gasteiger partial charge in [0.1, 0.15) is 11.6 Å². The number of nitrogens with zero attached hydrogens (tertiary/aromatic N) is 3. The monoisotopic (exact) mass is 420 g/mol. The molecule has 1 aliphatic heterocycles. The molecule has 1 saturated heterocycles. The summed E-state index contributed by atoms with van der Waals surface area (Å²) in [4.78, 5) is 38.9. The minimum Gasteiger partial charge on any atom is -0.493 e. The Labute approximate surface area is 179 Å². The van der Waals surface area contributed by atoms with Crippen LogP contribution < -0.4 is 15.0 Å². The number of carbonyl (C=O) groups excluding carboxylic acids is 1. The summed E-state index contributed by atoms with van der Waals surface area (Å²) in [7, 11) is 1.53. The number of nitrogens with one attached hydrogen (secondary N) is 1. The first-order valence-corrected chi connectivity index (χ1v) is 10.2. The molecule has 1 amide bonds. The predicted molar refractivity (Wildman–Crippen MR) is 116 cm³/mol. The maximum Gasteiger partial charge on any atom is 0.257 e. The van der Waals surface area contributed by atoms with Crippen LogP contribution in [-0.2, 0) is 0 Å². The first-order valence-electron chi connectivity index (χ1n) is 10.2. The van der Waals surface area contributed by atoms with Gasteiger partial charge in [0.25, 0.3) is 11.5 Å². The number of aromatic nitrogens is 3. The summed E-state index contributed by atoms with van der Waals surface area (Å²) in [6, 6.07) is 12.3. The number of rotatable bonds is 6. The van der Waals surface area contributed by atoms with Gasteiger partial charge in [-0.15, -0.1) is 0 Å². The lowest BCUT2D eigenvalue weighted by molar-refractivity contribution is 0.0786. The molecule has 0 radical (unpaired) electrons. The predicted octanol–water partition coefficient (Wildman–Crippen LogP) is 2.87. The molecule has 0 aliphatic carbocycles. The third-order valence-corrected chi connectivity index (χ3v) is 5.28. The van der Waals surface area contributed by atoms with Crippen molar-refractivity contribution in [3.05, 3.63) is 70.4 Å². The third-order valence-electron chi connectivity index (χ3n) is 5.28. The second-order valence-electron chi connectivity index (χ2n) is 7.24. The molecule has 3 aromatic rings. The summed E-state index contributed by atoms with van der Waals surface area (Å²) in [5, 5.41) is 0. The minimum absolute atomic E-state index is 0.0708. The maximum atomic E-state index is 13.1. The van der Waals surface area contributed by atoms with E-state index < -0.39 is 0 Å². The molecule has 31 heavy (non-hydrogen) atoms. The van der Waals surface area contributed by atoms with Crippen LogP contribution in [0.2, 0.25) is 0 Å². The number of benzene rings is 1. The Balaban J connectivity index is 1.58. The maximum absolute atomic E-state index is 13.1. The van der Waals surface area contributed by atoms with Gasteiger partial charge in [-0.1, -0.05) is 12.1 Å². The Morgan fingerprint density at radius 1 is 1.26 bits per heavy atom. The van der Waals surface area contributed by atoms with Crippen molar-refractivity contribution in [2.45, 2.75) is 19.3 Å². The van der Waals surface area contributed by atoms with Crippen LogP contribution in [0.3, 0.4) is 0 Å². The van der Waals surface area contributed by atoms with Crippen LogP contribution >= 0.6 is 0 Å². The van der Waals surface area contributed by atoms with Crippen molar-refractivity contribution in [1.29, 1.82) is 0 Å². The molecule has 0 saturated carbocycles. The normalized spacial score (nSPS) is 15.7. The molecule has 1 aromatic carbocycles. The number of hydrogen-bond acceptors (Lipinski definition) is 6. The third kappa shape index (κ3) is 4.28. The number of hydrogen-bond donors (Lipinski definition) is 1. The van der Waals surface area contributed by atoms with Gasteiger partial charge in [-0.05, 0) is 37.6 Å². The topological polar surface area (TPSA) is 97.4 Å². The summed E-state index contributed by atoms with van der Waals surface area (Å²) in [6.07, 6.45) is 2.33. The second kappa shape index (κ2) is 8.99. The highest BCUT2D eigenvalue weighted by Gasteiger charge is 2.31. The van der Waals surface area contributed by atoms with Crippen LogP contribution in [0, 0.1) is 0 Å². The largest absolute Gasteiger partial charge is 0.493 e. The smallest absolute Gasteiger partial charge is 0.257 e. The molecule has 1 N–H and O–H groups in total. The van der Waals surface area contributed by atoms with Gasteiger partial charge < -0.3 is 19.4 Å². The van der Waals surface area contributed by atoms with E-state index in [1.165, 1.54) is 13.2 Å². The van der Waals surface area contributed by atoms with Gasteiger partial charge in [0, 0.05) is 31.3 Å². The van der Waals surface area contributed by atoms with Gasteiger partial charge in [-0.2, -0.15) is 0 Å². The summed E-state index contributed by atoms with van der Waals surface area (Å²) >= 11 is 0. The van der Waals surface area contributed by atoms with Crippen molar-refractivity contribution in [2.75, 3.05) is 26.8 Å². The van der Waals surface area contributed by atoms with Crippen molar-refractivity contribution in [2.24, 2.45) is 0 Å².